The van der Waals surface area contributed by atoms with Crippen LogP contribution in [0.2, 0.25) is 0 Å². The lowest BCUT2D eigenvalue weighted by molar-refractivity contribution is -0.135. The lowest BCUT2D eigenvalue weighted by atomic mass is 10.2. The molecule has 2 aromatic heterocycles. The van der Waals surface area contributed by atoms with Crippen LogP contribution in [0.15, 0.2) is 36.5 Å². The van der Waals surface area contributed by atoms with Crippen molar-refractivity contribution in [2.75, 3.05) is 13.7 Å². The van der Waals surface area contributed by atoms with Crippen molar-refractivity contribution in [3.05, 3.63) is 53.6 Å². The number of carbonyl (C=O) groups excluding carboxylic acids is 2. The van der Waals surface area contributed by atoms with E-state index in [4.69, 9.17) is 9.47 Å². The maximum atomic E-state index is 12.7. The molecule has 0 radical (unpaired) electrons. The van der Waals surface area contributed by atoms with Crippen LogP contribution in [0.3, 0.4) is 0 Å². The molecule has 0 N–H and O–H groups in total. The fourth-order valence-electron chi connectivity index (χ4n) is 3.00. The lowest BCUT2D eigenvalue weighted by Crippen LogP contribution is -2.36. The summed E-state index contributed by atoms with van der Waals surface area (Å²) in [5.41, 5.74) is 1.78. The third-order valence-electron chi connectivity index (χ3n) is 4.76. The number of amides is 1. The van der Waals surface area contributed by atoms with Gasteiger partial charge in [-0.3, -0.25) is 4.79 Å². The number of aryl methyl sites for hydroxylation is 1. The first kappa shape index (κ1) is 18.9. The van der Waals surface area contributed by atoms with Crippen molar-refractivity contribution in [2.45, 2.75) is 32.4 Å². The second-order valence-electron chi connectivity index (χ2n) is 6.91. The fraction of sp³-hybridized carbons (Fsp3) is 0.350. The number of aromatic nitrogens is 4. The minimum Gasteiger partial charge on any atom is -0.497 e. The molecular formula is C20H21N5O4. The number of hydrogen-bond donors (Lipinski definition) is 0. The first-order chi connectivity index (χ1) is 14.0. The van der Waals surface area contributed by atoms with Crippen molar-refractivity contribution in [1.82, 2.24) is 24.5 Å². The van der Waals surface area contributed by atoms with E-state index in [-0.39, 0.29) is 24.4 Å². The van der Waals surface area contributed by atoms with E-state index < -0.39 is 5.97 Å². The van der Waals surface area contributed by atoms with E-state index in [2.05, 4.69) is 15.1 Å². The van der Waals surface area contributed by atoms with Gasteiger partial charge in [-0.15, -0.1) is 5.10 Å². The normalized spacial score (nSPS) is 13.3. The number of benzene rings is 1. The summed E-state index contributed by atoms with van der Waals surface area (Å²) >= 11 is 0. The van der Waals surface area contributed by atoms with Crippen LogP contribution in [0.25, 0.3) is 5.78 Å². The van der Waals surface area contributed by atoms with Crippen molar-refractivity contribution in [3.8, 4) is 5.75 Å². The Bertz CT molecular complexity index is 1040. The SMILES string of the molecule is COc1ccc(CN(C(=O)COC(=O)c2nc3nccc(C)n3n2)C2CC2)cc1. The number of hydrogen-bond acceptors (Lipinski definition) is 7. The van der Waals surface area contributed by atoms with Gasteiger partial charge in [0.2, 0.25) is 0 Å². The third kappa shape index (κ3) is 4.18. The van der Waals surface area contributed by atoms with E-state index in [0.717, 1.165) is 29.8 Å². The summed E-state index contributed by atoms with van der Waals surface area (Å²) in [6, 6.07) is 9.50. The molecule has 3 aromatic rings. The molecule has 0 unspecified atom stereocenters. The molecule has 29 heavy (non-hydrogen) atoms. The molecule has 9 nitrogen and oxygen atoms in total. The minimum absolute atomic E-state index is 0.118. The molecule has 4 rings (SSSR count). The van der Waals surface area contributed by atoms with Crippen LogP contribution in [-0.4, -0.2) is 56.1 Å². The summed E-state index contributed by atoms with van der Waals surface area (Å²) in [6.07, 6.45) is 3.49. The van der Waals surface area contributed by atoms with E-state index in [9.17, 15) is 9.59 Å². The Morgan fingerprint density at radius 2 is 1.97 bits per heavy atom. The van der Waals surface area contributed by atoms with Crippen LogP contribution in [0.4, 0.5) is 0 Å². The van der Waals surface area contributed by atoms with Gasteiger partial charge in [-0.1, -0.05) is 12.1 Å². The molecule has 1 aliphatic rings. The van der Waals surface area contributed by atoms with Crippen LogP contribution in [0, 0.1) is 6.92 Å². The lowest BCUT2D eigenvalue weighted by Gasteiger charge is -2.22. The summed E-state index contributed by atoms with van der Waals surface area (Å²) in [4.78, 5) is 34.8. The molecule has 1 amide bonds. The second kappa shape index (κ2) is 7.86. The molecule has 9 heteroatoms. The molecule has 0 spiro atoms. The van der Waals surface area contributed by atoms with Gasteiger partial charge in [-0.05, 0) is 43.5 Å². The minimum atomic E-state index is -0.747. The third-order valence-corrected chi connectivity index (χ3v) is 4.76. The van der Waals surface area contributed by atoms with Gasteiger partial charge < -0.3 is 14.4 Å². The highest BCUT2D eigenvalue weighted by Crippen LogP contribution is 2.29. The van der Waals surface area contributed by atoms with Crippen molar-refractivity contribution in [1.29, 1.82) is 0 Å². The highest BCUT2D eigenvalue weighted by molar-refractivity contribution is 5.88. The Labute approximate surface area is 167 Å². The fourth-order valence-corrected chi connectivity index (χ4v) is 3.00. The zero-order valence-electron chi connectivity index (χ0n) is 16.2. The van der Waals surface area contributed by atoms with Gasteiger partial charge in [0.15, 0.2) is 6.61 Å². The molecule has 2 heterocycles. The summed E-state index contributed by atoms with van der Waals surface area (Å²) in [5.74, 6) is -0.0371. The smallest absolute Gasteiger partial charge is 0.378 e. The Kier molecular flexibility index (Phi) is 5.11. The number of ether oxygens (including phenoxy) is 2. The van der Waals surface area contributed by atoms with E-state index >= 15 is 0 Å². The van der Waals surface area contributed by atoms with Crippen LogP contribution in [-0.2, 0) is 16.1 Å². The van der Waals surface area contributed by atoms with E-state index in [1.54, 1.807) is 24.3 Å². The Hall–Kier alpha value is -3.49. The van der Waals surface area contributed by atoms with Crippen LogP contribution >= 0.6 is 0 Å². The Balaban J connectivity index is 1.39. The first-order valence-electron chi connectivity index (χ1n) is 9.33. The molecule has 150 valence electrons. The largest absolute Gasteiger partial charge is 0.497 e. The molecule has 1 fully saturated rings. The van der Waals surface area contributed by atoms with Gasteiger partial charge in [-0.2, -0.15) is 4.98 Å². The van der Waals surface area contributed by atoms with Gasteiger partial charge in [-0.25, -0.2) is 14.3 Å². The number of esters is 1. The van der Waals surface area contributed by atoms with Gasteiger partial charge in [0, 0.05) is 24.5 Å². The maximum absolute atomic E-state index is 12.7. The van der Waals surface area contributed by atoms with Crippen molar-refractivity contribution < 1.29 is 19.1 Å². The molecule has 1 saturated carbocycles. The van der Waals surface area contributed by atoms with Gasteiger partial charge in [0.1, 0.15) is 5.75 Å². The Morgan fingerprint density at radius 3 is 2.62 bits per heavy atom. The highest BCUT2D eigenvalue weighted by Gasteiger charge is 2.33. The first-order valence-corrected chi connectivity index (χ1v) is 9.33. The van der Waals surface area contributed by atoms with Crippen molar-refractivity contribution >= 4 is 17.7 Å². The average Bonchev–Trinajstić information content (AvgIpc) is 3.48. The van der Waals surface area contributed by atoms with Gasteiger partial charge in [0.25, 0.3) is 17.5 Å². The molecule has 1 aromatic carbocycles. The molecular weight excluding hydrogens is 374 g/mol. The number of carbonyl (C=O) groups is 2. The van der Waals surface area contributed by atoms with Crippen LogP contribution < -0.4 is 4.74 Å². The zero-order valence-corrected chi connectivity index (χ0v) is 16.2. The average molecular weight is 395 g/mol. The summed E-state index contributed by atoms with van der Waals surface area (Å²) in [5, 5.41) is 4.10. The number of methoxy groups -OCH3 is 1. The van der Waals surface area contributed by atoms with E-state index in [1.165, 1.54) is 4.52 Å². The topological polar surface area (TPSA) is 98.9 Å². The van der Waals surface area contributed by atoms with Crippen molar-refractivity contribution in [2.24, 2.45) is 0 Å². The van der Waals surface area contributed by atoms with Crippen molar-refractivity contribution in [3.63, 3.8) is 0 Å². The monoisotopic (exact) mass is 395 g/mol. The van der Waals surface area contributed by atoms with E-state index in [1.807, 2.05) is 31.2 Å². The maximum Gasteiger partial charge on any atom is 0.378 e. The predicted molar refractivity (Wildman–Crippen MR) is 102 cm³/mol. The second-order valence-corrected chi connectivity index (χ2v) is 6.91. The van der Waals surface area contributed by atoms with Gasteiger partial charge in [0.05, 0.1) is 7.11 Å². The Morgan fingerprint density at radius 1 is 1.21 bits per heavy atom. The predicted octanol–water partition coefficient (Wildman–Crippen LogP) is 1.79. The molecule has 0 aliphatic heterocycles. The quantitative estimate of drug-likeness (QED) is 0.562. The summed E-state index contributed by atoms with van der Waals surface area (Å²) < 4.78 is 11.8. The number of fused-ring (bicyclic) bond motifs is 1. The number of rotatable bonds is 7. The zero-order chi connectivity index (χ0) is 20.4. The number of nitrogens with zero attached hydrogens (tertiary/aromatic N) is 5. The summed E-state index contributed by atoms with van der Waals surface area (Å²) in [6.45, 7) is 1.93. The van der Waals surface area contributed by atoms with Crippen LogP contribution in [0.5, 0.6) is 5.75 Å². The molecule has 1 aliphatic carbocycles. The van der Waals surface area contributed by atoms with E-state index in [0.29, 0.717) is 12.3 Å². The highest BCUT2D eigenvalue weighted by atomic mass is 16.5. The standard InChI is InChI=1S/C20H21N5O4/c1-13-9-10-21-20-22-18(23-25(13)20)19(27)29-12-17(26)24(15-5-6-15)11-14-3-7-16(28-2)8-4-14/h3-4,7-10,15H,5-6,11-12H2,1-2H3. The van der Waals surface area contributed by atoms with Crippen LogP contribution in [0.1, 0.15) is 34.7 Å². The van der Waals surface area contributed by atoms with Gasteiger partial charge >= 0.3 is 5.97 Å². The molecule has 0 bridgehead atoms. The molecule has 0 atom stereocenters. The summed E-state index contributed by atoms with van der Waals surface area (Å²) in [7, 11) is 1.61. The molecule has 0 saturated heterocycles.